The third-order valence-electron chi connectivity index (χ3n) is 2.61. The highest BCUT2D eigenvalue weighted by molar-refractivity contribution is 6.32. The van der Waals surface area contributed by atoms with Crippen molar-refractivity contribution in [2.45, 2.75) is 19.4 Å². The van der Waals surface area contributed by atoms with Gasteiger partial charge in [0.05, 0.1) is 10.7 Å². The molecule has 0 saturated heterocycles. The van der Waals surface area contributed by atoms with Gasteiger partial charge in [-0.05, 0) is 36.8 Å². The third-order valence-corrected chi connectivity index (χ3v) is 2.91. The first-order valence-corrected chi connectivity index (χ1v) is 6.21. The molecule has 18 heavy (non-hydrogen) atoms. The van der Waals surface area contributed by atoms with Crippen LogP contribution in [0.1, 0.15) is 25.1 Å². The van der Waals surface area contributed by atoms with Gasteiger partial charge in [-0.15, -0.1) is 0 Å². The second-order valence-corrected chi connectivity index (χ2v) is 4.37. The number of nitrogens with two attached hydrogens (primary N) is 1. The highest BCUT2D eigenvalue weighted by atomic mass is 35.5. The Bertz CT molecular complexity index is 516. The zero-order valence-electron chi connectivity index (χ0n) is 10.1. The molecule has 0 radical (unpaired) electrons. The Morgan fingerprint density at radius 3 is 2.78 bits per heavy atom. The molecular formula is C14H15ClN2O. The average molecular weight is 263 g/mol. The molecule has 1 aromatic heterocycles. The van der Waals surface area contributed by atoms with E-state index in [2.05, 4.69) is 4.98 Å². The van der Waals surface area contributed by atoms with E-state index in [-0.39, 0.29) is 6.10 Å². The summed E-state index contributed by atoms with van der Waals surface area (Å²) in [5.41, 5.74) is 7.17. The van der Waals surface area contributed by atoms with E-state index in [0.29, 0.717) is 16.5 Å². The van der Waals surface area contributed by atoms with Crippen LogP contribution in [0.25, 0.3) is 0 Å². The minimum Gasteiger partial charge on any atom is -0.483 e. The van der Waals surface area contributed by atoms with Crippen LogP contribution in [0.4, 0.5) is 5.69 Å². The molecule has 4 heteroatoms. The van der Waals surface area contributed by atoms with Crippen molar-refractivity contribution in [3.05, 3.63) is 53.3 Å². The molecule has 3 nitrogen and oxygen atoms in total. The number of benzene rings is 1. The molecule has 0 spiro atoms. The molecule has 94 valence electrons. The Kier molecular flexibility index (Phi) is 4.05. The molecule has 2 rings (SSSR count). The third kappa shape index (κ3) is 2.93. The van der Waals surface area contributed by atoms with Crippen molar-refractivity contribution in [2.75, 3.05) is 5.73 Å². The Labute approximate surface area is 112 Å². The van der Waals surface area contributed by atoms with Crippen molar-refractivity contribution in [1.29, 1.82) is 0 Å². The SMILES string of the molecule is CCC(Oc1ccc(N)cc1Cl)c1ccccn1. The van der Waals surface area contributed by atoms with E-state index in [9.17, 15) is 0 Å². The van der Waals surface area contributed by atoms with Crippen LogP contribution in [0, 0.1) is 0 Å². The largest absolute Gasteiger partial charge is 0.483 e. The zero-order valence-corrected chi connectivity index (χ0v) is 10.9. The molecule has 0 fully saturated rings. The second kappa shape index (κ2) is 5.74. The van der Waals surface area contributed by atoms with Crippen LogP contribution in [-0.4, -0.2) is 4.98 Å². The summed E-state index contributed by atoms with van der Waals surface area (Å²) in [6.45, 7) is 2.05. The number of aromatic nitrogens is 1. The van der Waals surface area contributed by atoms with E-state index in [0.717, 1.165) is 12.1 Å². The van der Waals surface area contributed by atoms with E-state index < -0.39 is 0 Å². The first-order chi connectivity index (χ1) is 8.70. The van der Waals surface area contributed by atoms with Gasteiger partial charge in [0, 0.05) is 11.9 Å². The standard InChI is InChI=1S/C14H15ClN2O/c1-2-13(12-5-3-4-8-17-12)18-14-7-6-10(16)9-11(14)15/h3-9,13H,2,16H2,1H3. The normalized spacial score (nSPS) is 12.1. The summed E-state index contributed by atoms with van der Waals surface area (Å²) < 4.78 is 5.89. The minimum atomic E-state index is -0.104. The van der Waals surface area contributed by atoms with E-state index in [4.69, 9.17) is 22.1 Å². The van der Waals surface area contributed by atoms with Crippen LogP contribution in [0.15, 0.2) is 42.6 Å². The van der Waals surface area contributed by atoms with E-state index in [1.165, 1.54) is 0 Å². The molecule has 0 aliphatic carbocycles. The average Bonchev–Trinajstić information content (AvgIpc) is 2.39. The highest BCUT2D eigenvalue weighted by Gasteiger charge is 2.13. The van der Waals surface area contributed by atoms with Gasteiger partial charge in [0.1, 0.15) is 11.9 Å². The van der Waals surface area contributed by atoms with Crippen LogP contribution in [0.5, 0.6) is 5.75 Å². The molecule has 0 bridgehead atoms. The number of hydrogen-bond donors (Lipinski definition) is 1. The number of nitrogen functional groups attached to an aromatic ring is 1. The number of ether oxygens (including phenoxy) is 1. The fourth-order valence-corrected chi connectivity index (χ4v) is 1.92. The van der Waals surface area contributed by atoms with Crippen molar-refractivity contribution in [2.24, 2.45) is 0 Å². The fourth-order valence-electron chi connectivity index (χ4n) is 1.69. The number of anilines is 1. The number of halogens is 1. The number of nitrogens with zero attached hydrogens (tertiary/aromatic N) is 1. The molecule has 0 aliphatic heterocycles. The summed E-state index contributed by atoms with van der Waals surface area (Å²) in [4.78, 5) is 4.30. The number of pyridine rings is 1. The Balaban J connectivity index is 2.21. The topological polar surface area (TPSA) is 48.1 Å². The predicted octanol–water partition coefficient (Wildman–Crippen LogP) is 3.85. The Morgan fingerprint density at radius 2 is 2.17 bits per heavy atom. The number of hydrogen-bond acceptors (Lipinski definition) is 3. The van der Waals surface area contributed by atoms with Crippen LogP contribution in [0.2, 0.25) is 5.02 Å². The monoisotopic (exact) mass is 262 g/mol. The maximum Gasteiger partial charge on any atom is 0.140 e. The maximum atomic E-state index is 6.09. The van der Waals surface area contributed by atoms with E-state index in [1.807, 2.05) is 25.1 Å². The molecule has 0 aliphatic rings. The summed E-state index contributed by atoms with van der Waals surface area (Å²) in [5, 5.41) is 0.518. The van der Waals surface area contributed by atoms with Crippen molar-refractivity contribution in [1.82, 2.24) is 4.98 Å². The van der Waals surface area contributed by atoms with Gasteiger partial charge in [-0.1, -0.05) is 24.6 Å². The van der Waals surface area contributed by atoms with Crippen molar-refractivity contribution in [3.8, 4) is 5.75 Å². The van der Waals surface area contributed by atoms with Crippen molar-refractivity contribution >= 4 is 17.3 Å². The lowest BCUT2D eigenvalue weighted by Gasteiger charge is -2.18. The fraction of sp³-hybridized carbons (Fsp3) is 0.214. The van der Waals surface area contributed by atoms with Gasteiger partial charge in [0.25, 0.3) is 0 Å². The van der Waals surface area contributed by atoms with Crippen LogP contribution in [0.3, 0.4) is 0 Å². The molecule has 1 unspecified atom stereocenters. The van der Waals surface area contributed by atoms with E-state index in [1.54, 1.807) is 24.4 Å². The summed E-state index contributed by atoms with van der Waals surface area (Å²) in [6, 6.07) is 11.0. The molecule has 1 aromatic carbocycles. The molecule has 2 aromatic rings. The zero-order chi connectivity index (χ0) is 13.0. The van der Waals surface area contributed by atoms with Gasteiger partial charge in [-0.2, -0.15) is 0 Å². The van der Waals surface area contributed by atoms with Gasteiger partial charge in [0.15, 0.2) is 0 Å². The maximum absolute atomic E-state index is 6.09. The van der Waals surface area contributed by atoms with Gasteiger partial charge in [-0.25, -0.2) is 0 Å². The lowest BCUT2D eigenvalue weighted by atomic mass is 10.2. The summed E-state index contributed by atoms with van der Waals surface area (Å²) in [5.74, 6) is 0.628. The van der Waals surface area contributed by atoms with Crippen molar-refractivity contribution in [3.63, 3.8) is 0 Å². The lowest BCUT2D eigenvalue weighted by molar-refractivity contribution is 0.196. The molecule has 0 amide bonds. The summed E-state index contributed by atoms with van der Waals surface area (Å²) in [7, 11) is 0. The van der Waals surface area contributed by atoms with Gasteiger partial charge >= 0.3 is 0 Å². The van der Waals surface area contributed by atoms with Gasteiger partial charge < -0.3 is 10.5 Å². The van der Waals surface area contributed by atoms with Gasteiger partial charge in [0.2, 0.25) is 0 Å². The van der Waals surface area contributed by atoms with Crippen LogP contribution < -0.4 is 10.5 Å². The molecule has 1 atom stereocenters. The predicted molar refractivity (Wildman–Crippen MR) is 73.8 cm³/mol. The smallest absolute Gasteiger partial charge is 0.140 e. The van der Waals surface area contributed by atoms with Crippen LogP contribution >= 0.6 is 11.6 Å². The van der Waals surface area contributed by atoms with E-state index >= 15 is 0 Å². The molecule has 1 heterocycles. The molecule has 2 N–H and O–H groups in total. The molecule has 0 saturated carbocycles. The Hall–Kier alpha value is -1.74. The highest BCUT2D eigenvalue weighted by Crippen LogP contribution is 2.31. The minimum absolute atomic E-state index is 0.104. The van der Waals surface area contributed by atoms with Gasteiger partial charge in [-0.3, -0.25) is 4.98 Å². The van der Waals surface area contributed by atoms with Crippen molar-refractivity contribution < 1.29 is 4.74 Å². The summed E-state index contributed by atoms with van der Waals surface area (Å²) in [6.07, 6.45) is 2.47. The lowest BCUT2D eigenvalue weighted by Crippen LogP contribution is -2.08. The Morgan fingerprint density at radius 1 is 1.33 bits per heavy atom. The molecular weight excluding hydrogens is 248 g/mol. The number of rotatable bonds is 4. The first kappa shape index (κ1) is 12.7. The first-order valence-electron chi connectivity index (χ1n) is 5.83. The van der Waals surface area contributed by atoms with Crippen LogP contribution in [-0.2, 0) is 0 Å². The quantitative estimate of drug-likeness (QED) is 0.852. The second-order valence-electron chi connectivity index (χ2n) is 3.96. The summed E-state index contributed by atoms with van der Waals surface area (Å²) >= 11 is 6.09.